The minimum Gasteiger partial charge on any atom is -0.507 e. The van der Waals surface area contributed by atoms with Gasteiger partial charge in [-0.1, -0.05) is 53.2 Å². The van der Waals surface area contributed by atoms with Gasteiger partial charge in [-0.15, -0.1) is 5.10 Å². The summed E-state index contributed by atoms with van der Waals surface area (Å²) < 4.78 is 0. The number of aromatic nitrogens is 3. The van der Waals surface area contributed by atoms with E-state index < -0.39 is 59.7 Å². The van der Waals surface area contributed by atoms with Gasteiger partial charge >= 0.3 is 0 Å². The number of nitrogens with zero attached hydrogens (tertiary/aromatic N) is 3. The fourth-order valence-electron chi connectivity index (χ4n) is 7.37. The Morgan fingerprint density at radius 2 is 1.53 bits per heavy atom. The van der Waals surface area contributed by atoms with E-state index in [2.05, 4.69) is 36.7 Å². The van der Waals surface area contributed by atoms with Gasteiger partial charge in [0.05, 0.1) is 18.2 Å². The van der Waals surface area contributed by atoms with Crippen LogP contribution in [0.2, 0.25) is 5.02 Å². The molecule has 9 N–H and O–H groups in total. The molecular formula is C46H50ClN9O8. The SMILES string of the molecule is C[C@H](NC(=O)[C@@H]1Cc2ccc(O)c(c2)-c2cc(ccc2O)[C@H](N(C)C(=O)[C@H](CCCCN)NC(=O)c2ccc(-c3ccc(Cl)cc3)cc2)C(=O)N[C@@H](C)C(=O)N1)C(=O)Cc1c[nH]nn1. The summed E-state index contributed by atoms with van der Waals surface area (Å²) in [5.41, 5.74) is 9.10. The van der Waals surface area contributed by atoms with Crippen molar-refractivity contribution in [1.82, 2.24) is 41.6 Å². The first-order chi connectivity index (χ1) is 30.6. The van der Waals surface area contributed by atoms with Crippen molar-refractivity contribution in [3.05, 3.63) is 119 Å². The summed E-state index contributed by atoms with van der Waals surface area (Å²) in [5, 5.41) is 43.6. The molecule has 5 atom stereocenters. The topological polar surface area (TPSA) is 262 Å². The van der Waals surface area contributed by atoms with Gasteiger partial charge in [-0.2, -0.15) is 0 Å². The number of rotatable bonds is 14. The average molecular weight is 892 g/mol. The molecule has 0 spiro atoms. The molecule has 4 bridgehead atoms. The first-order valence-electron chi connectivity index (χ1n) is 20.7. The van der Waals surface area contributed by atoms with Gasteiger partial charge in [0, 0.05) is 41.4 Å². The van der Waals surface area contributed by atoms with Crippen molar-refractivity contribution in [1.29, 1.82) is 0 Å². The highest BCUT2D eigenvalue weighted by atomic mass is 35.5. The number of aromatic amines is 1. The molecule has 17 nitrogen and oxygen atoms in total. The summed E-state index contributed by atoms with van der Waals surface area (Å²) in [6.07, 6.45) is 2.43. The van der Waals surface area contributed by atoms with E-state index in [0.29, 0.717) is 35.7 Å². The molecule has 6 rings (SSSR count). The second-order valence-electron chi connectivity index (χ2n) is 15.7. The van der Waals surface area contributed by atoms with E-state index in [1.165, 1.54) is 57.4 Å². The first-order valence-corrected chi connectivity index (χ1v) is 21.1. The second kappa shape index (κ2) is 20.8. The minimum absolute atomic E-state index is 0.104. The molecule has 334 valence electrons. The molecule has 5 aromatic rings. The zero-order chi connectivity index (χ0) is 46.1. The number of halogens is 1. The van der Waals surface area contributed by atoms with Crippen LogP contribution in [0.1, 0.15) is 66.3 Å². The molecule has 1 aliphatic rings. The maximum atomic E-state index is 14.6. The van der Waals surface area contributed by atoms with Crippen LogP contribution in [0.25, 0.3) is 22.3 Å². The number of amides is 5. The Hall–Kier alpha value is -7.11. The van der Waals surface area contributed by atoms with Crippen LogP contribution in [0.4, 0.5) is 0 Å². The summed E-state index contributed by atoms with van der Waals surface area (Å²) in [4.78, 5) is 84.4. The number of ketones is 1. The lowest BCUT2D eigenvalue weighted by Gasteiger charge is -2.32. The van der Waals surface area contributed by atoms with Crippen molar-refractivity contribution in [2.24, 2.45) is 5.73 Å². The molecule has 2 heterocycles. The quantitative estimate of drug-likeness (QED) is 0.0749. The predicted molar refractivity (Wildman–Crippen MR) is 238 cm³/mol. The number of carbonyl (C=O) groups excluding carboxylic acids is 6. The van der Waals surface area contributed by atoms with Crippen LogP contribution >= 0.6 is 11.6 Å². The van der Waals surface area contributed by atoms with Crippen molar-refractivity contribution in [2.45, 2.75) is 76.2 Å². The fraction of sp³-hybridized carbons (Fsp3) is 0.304. The third kappa shape index (κ3) is 11.3. The molecule has 0 saturated heterocycles. The number of fused-ring (bicyclic) bond motifs is 5. The zero-order valence-electron chi connectivity index (χ0n) is 35.4. The number of likely N-dealkylation sites (N-methyl/N-ethyl adjacent to an activating group) is 1. The molecule has 0 saturated carbocycles. The van der Waals surface area contributed by atoms with Crippen molar-refractivity contribution in [2.75, 3.05) is 13.6 Å². The number of unbranched alkanes of at least 4 members (excludes halogenated alkanes) is 1. The van der Waals surface area contributed by atoms with Gasteiger partial charge in [0.25, 0.3) is 5.91 Å². The summed E-state index contributed by atoms with van der Waals surface area (Å²) in [6, 6.07) is 16.6. The van der Waals surface area contributed by atoms with E-state index in [1.807, 2.05) is 12.1 Å². The number of H-pyrrole nitrogens is 1. The summed E-state index contributed by atoms with van der Waals surface area (Å²) in [6.45, 7) is 3.25. The molecule has 4 aromatic carbocycles. The number of Topliss-reactive ketones (excluding diaryl/α,β-unsaturated/α-hetero) is 1. The summed E-state index contributed by atoms with van der Waals surface area (Å²) in [7, 11) is 1.39. The number of benzene rings is 4. The van der Waals surface area contributed by atoms with E-state index in [9.17, 15) is 39.0 Å². The van der Waals surface area contributed by atoms with E-state index in [0.717, 1.165) is 16.0 Å². The van der Waals surface area contributed by atoms with Crippen molar-refractivity contribution in [3.63, 3.8) is 0 Å². The van der Waals surface area contributed by atoms with Crippen molar-refractivity contribution in [3.8, 4) is 33.8 Å². The normalized spacial score (nSPS) is 17.2. The number of nitrogens with two attached hydrogens (primary N) is 1. The number of hydrogen-bond acceptors (Lipinski definition) is 11. The lowest BCUT2D eigenvalue weighted by atomic mass is 9.93. The summed E-state index contributed by atoms with van der Waals surface area (Å²) in [5.74, 6) is -4.30. The van der Waals surface area contributed by atoms with Crippen LogP contribution in [0, 0.1) is 0 Å². The average Bonchev–Trinajstić information content (AvgIpc) is 3.79. The van der Waals surface area contributed by atoms with E-state index in [4.69, 9.17) is 17.3 Å². The predicted octanol–water partition coefficient (Wildman–Crippen LogP) is 3.49. The van der Waals surface area contributed by atoms with Gasteiger partial charge < -0.3 is 42.1 Å². The molecule has 0 unspecified atom stereocenters. The Morgan fingerprint density at radius 3 is 2.19 bits per heavy atom. The molecule has 64 heavy (non-hydrogen) atoms. The molecule has 1 aliphatic heterocycles. The Labute approximate surface area is 374 Å². The number of hydrogen-bond donors (Lipinski definition) is 8. The number of phenols is 2. The van der Waals surface area contributed by atoms with Crippen LogP contribution in [0.5, 0.6) is 11.5 Å². The zero-order valence-corrected chi connectivity index (χ0v) is 36.2. The standard InChI is InChI=1S/C46H50ClN9O8/c1-25(40(59)23-33-24-49-55-54-33)50-44(62)37-21-27-7-17-38(57)34(20-27)35-22-31(14-18-39(35)58)41(45(63)51-26(2)42(60)53-37)56(3)46(64)36(6-4-5-19-48)52-43(61)30-10-8-28(9-11-30)29-12-15-32(47)16-13-29/h7-18,20,22,24-26,36-37,41,57-58H,4-6,19,21,23,48H2,1-3H3,(H,50,62)(H,51,63)(H,52,61)(H,53,60)(H,49,54,55)/t25-,26-,36-,37-,41-/m0/s1. The maximum absolute atomic E-state index is 14.6. The highest BCUT2D eigenvalue weighted by Gasteiger charge is 2.36. The third-order valence-corrected chi connectivity index (χ3v) is 11.3. The largest absolute Gasteiger partial charge is 0.507 e. The van der Waals surface area contributed by atoms with Crippen LogP contribution in [0.3, 0.4) is 0 Å². The molecule has 0 fully saturated rings. The van der Waals surface area contributed by atoms with Crippen molar-refractivity contribution < 1.29 is 39.0 Å². The van der Waals surface area contributed by atoms with E-state index in [-0.39, 0.29) is 58.8 Å². The van der Waals surface area contributed by atoms with E-state index >= 15 is 0 Å². The van der Waals surface area contributed by atoms with E-state index in [1.54, 1.807) is 42.5 Å². The first kappa shape index (κ1) is 46.4. The number of aromatic hydroxyl groups is 2. The maximum Gasteiger partial charge on any atom is 0.251 e. The molecular weight excluding hydrogens is 842 g/mol. The Bertz CT molecular complexity index is 2500. The Balaban J connectivity index is 1.30. The number of phenolic OH excluding ortho intramolecular Hbond substituents is 2. The lowest BCUT2D eigenvalue weighted by molar-refractivity contribution is -0.141. The lowest BCUT2D eigenvalue weighted by Crippen LogP contribution is -2.57. The number of nitrogens with one attached hydrogen (secondary N) is 5. The molecule has 18 heteroatoms. The smallest absolute Gasteiger partial charge is 0.251 e. The highest BCUT2D eigenvalue weighted by molar-refractivity contribution is 6.30. The van der Waals surface area contributed by atoms with Gasteiger partial charge in [0.1, 0.15) is 35.7 Å². The highest BCUT2D eigenvalue weighted by Crippen LogP contribution is 2.39. The van der Waals surface area contributed by atoms with Gasteiger partial charge in [0.15, 0.2) is 5.78 Å². The van der Waals surface area contributed by atoms with Crippen LogP contribution in [-0.2, 0) is 36.8 Å². The van der Waals surface area contributed by atoms with Gasteiger partial charge in [-0.05, 0) is 110 Å². The molecule has 1 aromatic heterocycles. The Morgan fingerprint density at radius 1 is 0.875 bits per heavy atom. The van der Waals surface area contributed by atoms with Crippen LogP contribution in [-0.4, -0.2) is 104 Å². The van der Waals surface area contributed by atoms with Gasteiger partial charge in [-0.25, -0.2) is 0 Å². The van der Waals surface area contributed by atoms with Gasteiger partial charge in [-0.3, -0.25) is 33.9 Å². The fourth-order valence-corrected chi connectivity index (χ4v) is 7.50. The monoisotopic (exact) mass is 891 g/mol. The summed E-state index contributed by atoms with van der Waals surface area (Å²) >= 11 is 6.05. The Kier molecular flexibility index (Phi) is 15.1. The minimum atomic E-state index is -1.45. The third-order valence-electron chi connectivity index (χ3n) is 11.0. The molecule has 5 amide bonds. The van der Waals surface area contributed by atoms with Gasteiger partial charge in [0.2, 0.25) is 23.6 Å². The molecule has 0 radical (unpaired) electrons. The van der Waals surface area contributed by atoms with Crippen LogP contribution in [0.15, 0.2) is 91.1 Å². The number of carbonyl (C=O) groups is 6. The van der Waals surface area contributed by atoms with Crippen molar-refractivity contribution >= 4 is 46.9 Å². The second-order valence-corrected chi connectivity index (χ2v) is 16.1. The molecule has 0 aliphatic carbocycles. The van der Waals surface area contributed by atoms with Crippen LogP contribution < -0.4 is 27.0 Å².